The molecule has 0 aliphatic carbocycles. The zero-order valence-electron chi connectivity index (χ0n) is 12.4. The van der Waals surface area contributed by atoms with Crippen LogP contribution in [0.15, 0.2) is 24.3 Å². The molecule has 0 radical (unpaired) electrons. The van der Waals surface area contributed by atoms with Crippen LogP contribution in [0, 0.1) is 11.8 Å². The number of fused-ring (bicyclic) bond motifs is 1. The highest BCUT2D eigenvalue weighted by Gasteiger charge is 2.32. The van der Waals surface area contributed by atoms with Crippen molar-refractivity contribution in [3.63, 3.8) is 0 Å². The largest absolute Gasteiger partial charge is 0.384 e. The van der Waals surface area contributed by atoms with Gasteiger partial charge in [-0.1, -0.05) is 32.0 Å². The average Bonchev–Trinajstić information content (AvgIpc) is 2.79. The highest BCUT2D eigenvalue weighted by Crippen LogP contribution is 2.34. The minimum absolute atomic E-state index is 0.663. The van der Waals surface area contributed by atoms with Gasteiger partial charge in [-0.15, -0.1) is 0 Å². The number of nitrogens with one attached hydrogen (secondary N) is 1. The minimum atomic E-state index is 0.663. The molecule has 3 rings (SSSR count). The van der Waals surface area contributed by atoms with Crippen LogP contribution in [-0.4, -0.2) is 30.6 Å². The Hall–Kier alpha value is -1.02. The molecule has 1 aromatic carbocycles. The van der Waals surface area contributed by atoms with E-state index in [1.807, 2.05) is 0 Å². The molecule has 2 nitrogen and oxygen atoms in total. The summed E-state index contributed by atoms with van der Waals surface area (Å²) in [7, 11) is 0. The van der Waals surface area contributed by atoms with Gasteiger partial charge in [-0.2, -0.15) is 0 Å². The number of hydrogen-bond acceptors (Lipinski definition) is 2. The van der Waals surface area contributed by atoms with E-state index in [4.69, 9.17) is 0 Å². The summed E-state index contributed by atoms with van der Waals surface area (Å²) >= 11 is 0. The molecule has 0 spiro atoms. The number of likely N-dealkylation sites (tertiary alicyclic amines) is 1. The van der Waals surface area contributed by atoms with E-state index >= 15 is 0 Å². The zero-order chi connectivity index (χ0) is 13.4. The maximum atomic E-state index is 3.55. The second kappa shape index (κ2) is 5.16. The molecule has 2 heteroatoms. The third kappa shape index (κ3) is 2.51. The van der Waals surface area contributed by atoms with Gasteiger partial charge in [-0.25, -0.2) is 0 Å². The van der Waals surface area contributed by atoms with E-state index in [1.54, 1.807) is 0 Å². The summed E-state index contributed by atoms with van der Waals surface area (Å²) in [6.45, 7) is 10.8. The van der Waals surface area contributed by atoms with Crippen LogP contribution in [0.25, 0.3) is 0 Å². The van der Waals surface area contributed by atoms with E-state index in [2.05, 4.69) is 55.3 Å². The predicted molar refractivity (Wildman–Crippen MR) is 81.7 cm³/mol. The molecule has 104 valence electrons. The summed E-state index contributed by atoms with van der Waals surface area (Å²) in [6.07, 6.45) is 1.39. The van der Waals surface area contributed by atoms with Crippen molar-refractivity contribution in [2.24, 2.45) is 11.8 Å². The highest BCUT2D eigenvalue weighted by molar-refractivity contribution is 5.57. The number of benzene rings is 1. The Bertz CT molecular complexity index is 443. The Labute approximate surface area is 117 Å². The van der Waals surface area contributed by atoms with E-state index in [9.17, 15) is 0 Å². The van der Waals surface area contributed by atoms with Gasteiger partial charge in [0, 0.05) is 37.3 Å². The van der Waals surface area contributed by atoms with Gasteiger partial charge in [0.25, 0.3) is 0 Å². The summed E-state index contributed by atoms with van der Waals surface area (Å²) in [5.41, 5.74) is 2.86. The maximum Gasteiger partial charge on any atom is 0.0376 e. The molecule has 1 saturated heterocycles. The highest BCUT2D eigenvalue weighted by atomic mass is 15.2. The van der Waals surface area contributed by atoms with Gasteiger partial charge in [-0.3, -0.25) is 4.90 Å². The molecule has 2 heterocycles. The van der Waals surface area contributed by atoms with Gasteiger partial charge in [0.15, 0.2) is 0 Å². The van der Waals surface area contributed by atoms with E-state index in [0.717, 1.165) is 24.4 Å². The molecular weight excluding hydrogens is 232 g/mol. The third-order valence-corrected chi connectivity index (χ3v) is 5.11. The van der Waals surface area contributed by atoms with Crippen LogP contribution in [0.1, 0.15) is 38.7 Å². The number of para-hydroxylation sites is 1. The first-order valence-corrected chi connectivity index (χ1v) is 7.72. The van der Waals surface area contributed by atoms with Crippen LogP contribution in [-0.2, 0) is 0 Å². The normalized spacial score (nSPS) is 34.9. The van der Waals surface area contributed by atoms with Crippen LogP contribution in [0.5, 0.6) is 0 Å². The van der Waals surface area contributed by atoms with Gasteiger partial charge in [0.1, 0.15) is 0 Å². The van der Waals surface area contributed by atoms with Crippen molar-refractivity contribution in [2.75, 3.05) is 25.0 Å². The quantitative estimate of drug-likeness (QED) is 0.872. The van der Waals surface area contributed by atoms with Gasteiger partial charge in [-0.05, 0) is 36.8 Å². The molecule has 0 bridgehead atoms. The Morgan fingerprint density at radius 2 is 2.00 bits per heavy atom. The standard InChI is InChI=1S/C17H26N2/c1-12-8-13(2)14(3)19(10-12)11-15-9-18-17-7-5-4-6-16(15)17/h4-7,12-15,18H,8-11H2,1-3H3. The van der Waals surface area contributed by atoms with Gasteiger partial charge in [0.05, 0.1) is 0 Å². The van der Waals surface area contributed by atoms with Gasteiger partial charge >= 0.3 is 0 Å². The van der Waals surface area contributed by atoms with Crippen LogP contribution in [0.2, 0.25) is 0 Å². The number of hydrogen-bond donors (Lipinski definition) is 1. The number of rotatable bonds is 2. The second-order valence-electron chi connectivity index (χ2n) is 6.68. The molecule has 2 aliphatic heterocycles. The molecule has 0 amide bonds. The van der Waals surface area contributed by atoms with Crippen molar-refractivity contribution in [3.8, 4) is 0 Å². The van der Waals surface area contributed by atoms with Gasteiger partial charge in [0.2, 0.25) is 0 Å². The fourth-order valence-corrected chi connectivity index (χ4v) is 3.88. The molecule has 2 aliphatic rings. The summed E-state index contributed by atoms with van der Waals surface area (Å²) in [5.74, 6) is 2.33. The Balaban J connectivity index is 1.72. The van der Waals surface area contributed by atoms with Crippen molar-refractivity contribution >= 4 is 5.69 Å². The smallest absolute Gasteiger partial charge is 0.0376 e. The summed E-state index contributed by atoms with van der Waals surface area (Å²) in [5, 5.41) is 3.55. The van der Waals surface area contributed by atoms with Crippen LogP contribution in [0.3, 0.4) is 0 Å². The first kappa shape index (κ1) is 13.0. The van der Waals surface area contributed by atoms with Crippen molar-refractivity contribution in [1.82, 2.24) is 4.90 Å². The molecule has 0 aromatic heterocycles. The fraction of sp³-hybridized carbons (Fsp3) is 0.647. The number of nitrogens with zero attached hydrogens (tertiary/aromatic N) is 1. The van der Waals surface area contributed by atoms with E-state index in [0.29, 0.717) is 5.92 Å². The number of anilines is 1. The molecule has 1 fully saturated rings. The Morgan fingerprint density at radius 1 is 1.21 bits per heavy atom. The van der Waals surface area contributed by atoms with E-state index in [-0.39, 0.29) is 0 Å². The lowest BCUT2D eigenvalue weighted by Gasteiger charge is -2.42. The van der Waals surface area contributed by atoms with E-state index < -0.39 is 0 Å². The minimum Gasteiger partial charge on any atom is -0.384 e. The predicted octanol–water partition coefficient (Wildman–Crippen LogP) is 3.56. The van der Waals surface area contributed by atoms with Crippen LogP contribution < -0.4 is 5.32 Å². The molecule has 1 aromatic rings. The summed E-state index contributed by atoms with van der Waals surface area (Å²) < 4.78 is 0. The first-order valence-electron chi connectivity index (χ1n) is 7.72. The van der Waals surface area contributed by atoms with Gasteiger partial charge < -0.3 is 5.32 Å². The lowest BCUT2D eigenvalue weighted by molar-refractivity contribution is 0.0753. The Morgan fingerprint density at radius 3 is 2.84 bits per heavy atom. The van der Waals surface area contributed by atoms with Crippen molar-refractivity contribution in [2.45, 2.75) is 39.2 Å². The van der Waals surface area contributed by atoms with Crippen molar-refractivity contribution < 1.29 is 0 Å². The third-order valence-electron chi connectivity index (χ3n) is 5.11. The molecule has 19 heavy (non-hydrogen) atoms. The second-order valence-corrected chi connectivity index (χ2v) is 6.68. The van der Waals surface area contributed by atoms with E-state index in [1.165, 1.54) is 30.8 Å². The summed E-state index contributed by atoms with van der Waals surface area (Å²) in [4.78, 5) is 2.72. The molecule has 1 N–H and O–H groups in total. The molecule has 4 unspecified atom stereocenters. The monoisotopic (exact) mass is 258 g/mol. The average molecular weight is 258 g/mol. The van der Waals surface area contributed by atoms with Crippen LogP contribution in [0.4, 0.5) is 5.69 Å². The lowest BCUT2D eigenvalue weighted by atomic mass is 9.85. The van der Waals surface area contributed by atoms with Crippen molar-refractivity contribution in [1.29, 1.82) is 0 Å². The number of piperidine rings is 1. The molecular formula is C17H26N2. The zero-order valence-corrected chi connectivity index (χ0v) is 12.4. The topological polar surface area (TPSA) is 15.3 Å². The molecule has 4 atom stereocenters. The maximum absolute atomic E-state index is 3.55. The van der Waals surface area contributed by atoms with Crippen molar-refractivity contribution in [3.05, 3.63) is 29.8 Å². The van der Waals surface area contributed by atoms with Crippen LogP contribution >= 0.6 is 0 Å². The molecule has 0 saturated carbocycles. The summed E-state index contributed by atoms with van der Waals surface area (Å²) in [6, 6.07) is 9.52. The SMILES string of the molecule is CC1CC(C)C(C)N(CC2CNc3ccccc32)C1. The first-order chi connectivity index (χ1) is 9.15. The Kier molecular flexibility index (Phi) is 3.53. The fourth-order valence-electron chi connectivity index (χ4n) is 3.88. The lowest BCUT2D eigenvalue weighted by Crippen LogP contribution is -2.47.